The molecule has 0 unspecified atom stereocenters. The second-order valence-electron chi connectivity index (χ2n) is 7.26. The van der Waals surface area contributed by atoms with Gasteiger partial charge in [-0.2, -0.15) is 0 Å². The third-order valence-electron chi connectivity index (χ3n) is 3.00. The SMILES string of the molecule is CN(C)/C=N/C(=S)NCCCNC(=O)OC(C)(C)C.O=C(CBr)c1ccccc1F. The highest BCUT2D eigenvalue weighted by Gasteiger charge is 2.15. The molecule has 0 aliphatic carbocycles. The van der Waals surface area contributed by atoms with E-state index in [2.05, 4.69) is 31.6 Å². The molecule has 0 aliphatic heterocycles. The van der Waals surface area contributed by atoms with E-state index < -0.39 is 17.5 Å². The normalized spacial score (nSPS) is 10.6. The largest absolute Gasteiger partial charge is 0.444 e. The molecule has 30 heavy (non-hydrogen) atoms. The Balaban J connectivity index is 0.000000642. The molecule has 0 fully saturated rings. The Morgan fingerprint density at radius 1 is 1.23 bits per heavy atom. The molecule has 0 aromatic heterocycles. The Bertz CT molecular complexity index is 724. The van der Waals surface area contributed by atoms with Crippen LogP contribution in [0.4, 0.5) is 9.18 Å². The van der Waals surface area contributed by atoms with Crippen LogP contribution in [0, 0.1) is 5.82 Å². The van der Waals surface area contributed by atoms with Crippen molar-refractivity contribution in [3.63, 3.8) is 0 Å². The number of rotatable bonds is 7. The van der Waals surface area contributed by atoms with Crippen LogP contribution in [0.5, 0.6) is 0 Å². The van der Waals surface area contributed by atoms with Crippen LogP contribution in [0.1, 0.15) is 37.6 Å². The molecule has 1 aromatic rings. The van der Waals surface area contributed by atoms with E-state index >= 15 is 0 Å². The number of nitrogens with zero attached hydrogens (tertiary/aromatic N) is 2. The second-order valence-corrected chi connectivity index (χ2v) is 8.21. The fraction of sp³-hybridized carbons (Fsp3) is 0.500. The lowest BCUT2D eigenvalue weighted by Crippen LogP contribution is -2.34. The number of alkyl halides is 1. The molecule has 0 bridgehead atoms. The van der Waals surface area contributed by atoms with Crippen LogP contribution < -0.4 is 10.6 Å². The van der Waals surface area contributed by atoms with Crippen molar-refractivity contribution in [3.05, 3.63) is 35.6 Å². The Labute approximate surface area is 191 Å². The first-order valence-electron chi connectivity index (χ1n) is 9.25. The van der Waals surface area contributed by atoms with Crippen LogP contribution >= 0.6 is 28.1 Å². The minimum Gasteiger partial charge on any atom is -0.444 e. The zero-order valence-electron chi connectivity index (χ0n) is 18.0. The number of ketones is 1. The molecule has 0 atom stereocenters. The summed E-state index contributed by atoms with van der Waals surface area (Å²) in [5.74, 6) is -0.694. The fourth-order valence-electron chi connectivity index (χ4n) is 1.76. The van der Waals surface area contributed by atoms with Crippen LogP contribution in [0.3, 0.4) is 0 Å². The number of carbonyl (C=O) groups is 2. The molecule has 0 saturated heterocycles. The van der Waals surface area contributed by atoms with Gasteiger partial charge in [-0.15, -0.1) is 0 Å². The van der Waals surface area contributed by atoms with Gasteiger partial charge in [-0.05, 0) is 51.5 Å². The van der Waals surface area contributed by atoms with Gasteiger partial charge in [-0.1, -0.05) is 28.1 Å². The van der Waals surface area contributed by atoms with E-state index in [9.17, 15) is 14.0 Å². The Hall–Kier alpha value is -2.07. The van der Waals surface area contributed by atoms with Crippen LogP contribution in [-0.4, -0.2) is 66.3 Å². The number of thiocarbonyl (C=S) groups is 1. The Morgan fingerprint density at radius 3 is 2.37 bits per heavy atom. The van der Waals surface area contributed by atoms with Gasteiger partial charge in [-0.3, -0.25) is 4.79 Å². The number of carbonyl (C=O) groups excluding carboxylic acids is 2. The van der Waals surface area contributed by atoms with E-state index in [1.807, 2.05) is 34.9 Å². The highest BCUT2D eigenvalue weighted by Crippen LogP contribution is 2.08. The molecule has 1 aromatic carbocycles. The average molecular weight is 505 g/mol. The van der Waals surface area contributed by atoms with Crippen molar-refractivity contribution >= 4 is 51.5 Å². The first-order chi connectivity index (χ1) is 14.0. The summed E-state index contributed by atoms with van der Waals surface area (Å²) in [6, 6.07) is 5.94. The third-order valence-corrected chi connectivity index (χ3v) is 3.76. The molecule has 0 heterocycles. The van der Waals surface area contributed by atoms with Crippen LogP contribution in [0.25, 0.3) is 0 Å². The van der Waals surface area contributed by atoms with Crippen LogP contribution in [-0.2, 0) is 4.74 Å². The van der Waals surface area contributed by atoms with Gasteiger partial charge >= 0.3 is 6.09 Å². The quantitative estimate of drug-likeness (QED) is 0.147. The molecule has 2 N–H and O–H groups in total. The van der Waals surface area contributed by atoms with Gasteiger partial charge in [0, 0.05) is 27.2 Å². The molecule has 0 aliphatic rings. The number of hydrogen-bond donors (Lipinski definition) is 2. The number of alkyl carbamates (subject to hydrolysis) is 1. The highest BCUT2D eigenvalue weighted by molar-refractivity contribution is 9.09. The van der Waals surface area contributed by atoms with E-state index in [4.69, 9.17) is 17.0 Å². The summed E-state index contributed by atoms with van der Waals surface area (Å²) in [7, 11) is 3.74. The van der Waals surface area contributed by atoms with Crippen LogP contribution in [0.15, 0.2) is 29.3 Å². The van der Waals surface area contributed by atoms with E-state index in [1.54, 1.807) is 23.4 Å². The average Bonchev–Trinajstić information content (AvgIpc) is 2.65. The molecule has 7 nitrogen and oxygen atoms in total. The first-order valence-corrected chi connectivity index (χ1v) is 10.8. The minimum absolute atomic E-state index is 0.143. The maximum absolute atomic E-state index is 12.8. The summed E-state index contributed by atoms with van der Waals surface area (Å²) in [6.45, 7) is 6.67. The van der Waals surface area contributed by atoms with Crippen molar-refractivity contribution in [1.82, 2.24) is 15.5 Å². The maximum atomic E-state index is 12.8. The second kappa shape index (κ2) is 14.8. The Kier molecular flexibility index (Phi) is 13.8. The smallest absolute Gasteiger partial charge is 0.407 e. The number of benzene rings is 1. The lowest BCUT2D eigenvalue weighted by atomic mass is 10.1. The van der Waals surface area contributed by atoms with Gasteiger partial charge in [0.15, 0.2) is 10.9 Å². The van der Waals surface area contributed by atoms with E-state index in [0.29, 0.717) is 18.2 Å². The number of ether oxygens (including phenoxy) is 1. The number of Topliss-reactive ketones (excluding diaryl/α,β-unsaturated/α-hetero) is 1. The maximum Gasteiger partial charge on any atom is 0.407 e. The highest BCUT2D eigenvalue weighted by atomic mass is 79.9. The molecule has 168 valence electrons. The lowest BCUT2D eigenvalue weighted by Gasteiger charge is -2.19. The summed E-state index contributed by atoms with van der Waals surface area (Å²) in [5.41, 5.74) is -0.325. The molecule has 10 heteroatoms. The van der Waals surface area contributed by atoms with Gasteiger partial charge in [0.1, 0.15) is 11.4 Å². The van der Waals surface area contributed by atoms with Crippen molar-refractivity contribution in [2.75, 3.05) is 32.5 Å². The minimum atomic E-state index is -0.467. The summed E-state index contributed by atoms with van der Waals surface area (Å²) in [4.78, 5) is 28.1. The predicted octanol–water partition coefficient (Wildman–Crippen LogP) is 3.77. The monoisotopic (exact) mass is 504 g/mol. The molecule has 0 radical (unpaired) electrons. The first kappa shape index (κ1) is 27.9. The van der Waals surface area contributed by atoms with Crippen molar-refractivity contribution < 1.29 is 18.7 Å². The molecular formula is C20H30BrFN4O3S. The van der Waals surface area contributed by atoms with E-state index in [1.165, 1.54) is 12.1 Å². The van der Waals surface area contributed by atoms with E-state index in [-0.39, 0.29) is 16.7 Å². The van der Waals surface area contributed by atoms with Gasteiger partial charge in [0.25, 0.3) is 0 Å². The molecule has 1 amide bonds. The number of amides is 1. The fourth-order valence-corrected chi connectivity index (χ4v) is 2.21. The lowest BCUT2D eigenvalue weighted by molar-refractivity contribution is 0.0527. The Morgan fingerprint density at radius 2 is 1.83 bits per heavy atom. The number of hydrogen-bond acceptors (Lipinski definition) is 4. The molecule has 0 saturated carbocycles. The van der Waals surface area contributed by atoms with Gasteiger partial charge < -0.3 is 20.3 Å². The number of halogens is 2. The predicted molar refractivity (Wildman–Crippen MR) is 126 cm³/mol. The zero-order valence-corrected chi connectivity index (χ0v) is 20.4. The number of aliphatic imine (C=N–C) groups is 1. The molecular weight excluding hydrogens is 475 g/mol. The summed E-state index contributed by atoms with van der Waals surface area (Å²) in [5, 5.41) is 6.24. The summed E-state index contributed by atoms with van der Waals surface area (Å²) in [6.07, 6.45) is 1.98. The van der Waals surface area contributed by atoms with Crippen molar-refractivity contribution in [2.24, 2.45) is 4.99 Å². The van der Waals surface area contributed by atoms with Gasteiger partial charge in [0.05, 0.1) is 17.2 Å². The summed E-state index contributed by atoms with van der Waals surface area (Å²) >= 11 is 7.97. The van der Waals surface area contributed by atoms with Crippen molar-refractivity contribution in [3.8, 4) is 0 Å². The third kappa shape index (κ3) is 14.9. The van der Waals surface area contributed by atoms with Gasteiger partial charge in [-0.25, -0.2) is 14.2 Å². The number of nitrogens with one attached hydrogen (secondary N) is 2. The standard InChI is InChI=1S/C12H24N4O2S.C8H6BrFO/c1-12(2,3)18-11(17)14-8-6-7-13-10(19)15-9-16(4)5;9-5-8(11)6-3-1-2-4-7(6)10/h9H,6-8H2,1-5H3,(H,13,19)(H,14,17);1-4H,5H2/b15-9+;. The molecule has 1 rings (SSSR count). The van der Waals surface area contributed by atoms with Crippen LogP contribution in [0.2, 0.25) is 0 Å². The topological polar surface area (TPSA) is 83.0 Å². The van der Waals surface area contributed by atoms with E-state index in [0.717, 1.165) is 6.42 Å². The zero-order chi connectivity index (χ0) is 23.2. The van der Waals surface area contributed by atoms with Crippen molar-refractivity contribution in [1.29, 1.82) is 0 Å². The summed E-state index contributed by atoms with van der Waals surface area (Å²) < 4.78 is 17.9. The molecule has 0 spiro atoms. The van der Waals surface area contributed by atoms with Crippen molar-refractivity contribution in [2.45, 2.75) is 32.8 Å². The van der Waals surface area contributed by atoms with Gasteiger partial charge in [0.2, 0.25) is 0 Å².